The third-order valence-electron chi connectivity index (χ3n) is 4.72. The van der Waals surface area contributed by atoms with Crippen molar-refractivity contribution >= 4 is 12.0 Å². The molecule has 1 aliphatic rings. The van der Waals surface area contributed by atoms with Crippen LogP contribution >= 0.6 is 0 Å². The van der Waals surface area contributed by atoms with Gasteiger partial charge in [0.05, 0.1) is 5.69 Å². The molecule has 1 fully saturated rings. The molecule has 0 radical (unpaired) electrons. The van der Waals surface area contributed by atoms with E-state index in [2.05, 4.69) is 14.7 Å². The van der Waals surface area contributed by atoms with Gasteiger partial charge in [0.1, 0.15) is 5.75 Å². The van der Waals surface area contributed by atoms with Crippen LogP contribution < -0.4 is 4.74 Å². The van der Waals surface area contributed by atoms with Crippen LogP contribution in [0.4, 0.5) is 8.78 Å². The Morgan fingerprint density at radius 3 is 2.46 bits per heavy atom. The average Bonchev–Trinajstić information content (AvgIpc) is 2.98. The van der Waals surface area contributed by atoms with Crippen molar-refractivity contribution in [3.63, 3.8) is 0 Å². The number of aromatic nitrogens is 2. The zero-order valence-electron chi connectivity index (χ0n) is 16.0. The zero-order chi connectivity index (χ0) is 20.1. The fourth-order valence-electron chi connectivity index (χ4n) is 3.20. The van der Waals surface area contributed by atoms with Crippen molar-refractivity contribution < 1.29 is 18.3 Å². The van der Waals surface area contributed by atoms with Gasteiger partial charge >= 0.3 is 6.61 Å². The van der Waals surface area contributed by atoms with Gasteiger partial charge in [0, 0.05) is 57.6 Å². The molecule has 28 heavy (non-hydrogen) atoms. The molecule has 0 spiro atoms. The maximum absolute atomic E-state index is 12.4. The molecule has 1 saturated heterocycles. The first kappa shape index (κ1) is 20.0. The Labute approximate surface area is 163 Å². The van der Waals surface area contributed by atoms with E-state index in [4.69, 9.17) is 0 Å². The number of ether oxygens (including phenoxy) is 1. The van der Waals surface area contributed by atoms with E-state index in [1.165, 1.54) is 23.8 Å². The molecule has 3 rings (SSSR count). The summed E-state index contributed by atoms with van der Waals surface area (Å²) in [7, 11) is 1.92. The summed E-state index contributed by atoms with van der Waals surface area (Å²) in [4.78, 5) is 16.5. The van der Waals surface area contributed by atoms with Crippen molar-refractivity contribution in [2.45, 2.75) is 20.1 Å². The lowest BCUT2D eigenvalue weighted by molar-refractivity contribution is -0.127. The van der Waals surface area contributed by atoms with Gasteiger partial charge in [-0.15, -0.1) is 0 Å². The van der Waals surface area contributed by atoms with Crippen LogP contribution in [0, 0.1) is 6.92 Å². The number of carbonyl (C=O) groups excluding carboxylic acids is 1. The molecule has 1 aromatic heterocycles. The van der Waals surface area contributed by atoms with Crippen molar-refractivity contribution in [3.05, 3.63) is 53.4 Å². The maximum Gasteiger partial charge on any atom is 0.387 e. The number of halogens is 2. The third kappa shape index (κ3) is 5.39. The van der Waals surface area contributed by atoms with Crippen molar-refractivity contribution in [2.75, 3.05) is 26.2 Å². The second-order valence-corrected chi connectivity index (χ2v) is 6.80. The quantitative estimate of drug-likeness (QED) is 0.712. The Bertz CT molecular complexity index is 825. The molecule has 0 aliphatic carbocycles. The number of aryl methyl sites for hydroxylation is 2. The fourth-order valence-corrected chi connectivity index (χ4v) is 3.20. The second-order valence-electron chi connectivity index (χ2n) is 6.80. The molecule has 0 unspecified atom stereocenters. The first-order valence-corrected chi connectivity index (χ1v) is 9.14. The van der Waals surface area contributed by atoms with Crippen LogP contribution in [0.3, 0.4) is 0 Å². The Morgan fingerprint density at radius 1 is 1.21 bits per heavy atom. The van der Waals surface area contributed by atoms with Gasteiger partial charge in [-0.05, 0) is 30.7 Å². The molecule has 1 aliphatic heterocycles. The molecule has 1 aromatic carbocycles. The molecule has 1 amide bonds. The third-order valence-corrected chi connectivity index (χ3v) is 4.72. The summed E-state index contributed by atoms with van der Waals surface area (Å²) in [6, 6.07) is 6.18. The van der Waals surface area contributed by atoms with E-state index in [-0.39, 0.29) is 11.7 Å². The minimum Gasteiger partial charge on any atom is -0.435 e. The summed E-state index contributed by atoms with van der Waals surface area (Å²) in [5, 5.41) is 4.36. The lowest BCUT2D eigenvalue weighted by Crippen LogP contribution is -2.47. The van der Waals surface area contributed by atoms with E-state index >= 15 is 0 Å². The summed E-state index contributed by atoms with van der Waals surface area (Å²) in [6.45, 7) is 2.97. The number of amides is 1. The van der Waals surface area contributed by atoms with Gasteiger partial charge in [0.25, 0.3) is 0 Å². The summed E-state index contributed by atoms with van der Waals surface area (Å²) in [6.07, 6.45) is 5.23. The van der Waals surface area contributed by atoms with E-state index < -0.39 is 6.61 Å². The van der Waals surface area contributed by atoms with Crippen LogP contribution in [0.1, 0.15) is 16.8 Å². The van der Waals surface area contributed by atoms with Gasteiger partial charge in [-0.2, -0.15) is 13.9 Å². The van der Waals surface area contributed by atoms with E-state index in [1.54, 1.807) is 18.2 Å². The molecule has 150 valence electrons. The highest BCUT2D eigenvalue weighted by atomic mass is 19.3. The monoisotopic (exact) mass is 390 g/mol. The number of nitrogens with zero attached hydrogens (tertiary/aromatic N) is 4. The largest absolute Gasteiger partial charge is 0.435 e. The van der Waals surface area contributed by atoms with Crippen LogP contribution in [-0.4, -0.2) is 58.3 Å². The van der Waals surface area contributed by atoms with Crippen molar-refractivity contribution in [1.82, 2.24) is 19.6 Å². The molecular formula is C20H24F2N4O2. The first-order chi connectivity index (χ1) is 13.4. The molecule has 0 atom stereocenters. The fraction of sp³-hybridized carbons (Fsp3) is 0.400. The summed E-state index contributed by atoms with van der Waals surface area (Å²) < 4.78 is 30.4. The minimum absolute atomic E-state index is 0.0508. The normalized spacial score (nSPS) is 15.5. The van der Waals surface area contributed by atoms with Gasteiger partial charge in [0.2, 0.25) is 5.91 Å². The molecule has 0 saturated carbocycles. The highest BCUT2D eigenvalue weighted by Gasteiger charge is 2.20. The summed E-state index contributed by atoms with van der Waals surface area (Å²) in [5.74, 6) is 0.0450. The zero-order valence-corrected chi connectivity index (χ0v) is 16.0. The SMILES string of the molecule is Cc1nn(C)cc1CN1CCN(C(=O)/C=C\c2ccc(OC(F)F)cc2)CC1. The number of hydrogen-bond donors (Lipinski definition) is 0. The van der Waals surface area contributed by atoms with E-state index in [0.29, 0.717) is 13.1 Å². The number of hydrogen-bond acceptors (Lipinski definition) is 4. The highest BCUT2D eigenvalue weighted by molar-refractivity contribution is 5.91. The van der Waals surface area contributed by atoms with Gasteiger partial charge in [0.15, 0.2) is 0 Å². The van der Waals surface area contributed by atoms with Crippen molar-refractivity contribution in [2.24, 2.45) is 7.05 Å². The predicted octanol–water partition coefficient (Wildman–Crippen LogP) is 2.69. The molecular weight excluding hydrogens is 366 g/mol. The number of alkyl halides is 2. The lowest BCUT2D eigenvalue weighted by Gasteiger charge is -2.34. The smallest absolute Gasteiger partial charge is 0.387 e. The van der Waals surface area contributed by atoms with Crippen LogP contribution in [0.15, 0.2) is 36.5 Å². The summed E-state index contributed by atoms with van der Waals surface area (Å²) in [5.41, 5.74) is 3.00. The first-order valence-electron chi connectivity index (χ1n) is 9.14. The standard InChI is InChI=1S/C20H24F2N4O2/c1-15-17(13-24(2)23-15)14-25-9-11-26(12-10-25)19(27)8-5-16-3-6-18(7-4-16)28-20(21)22/h3-8,13,20H,9-12,14H2,1-2H3/b8-5-. The predicted molar refractivity (Wildman–Crippen MR) is 102 cm³/mol. The van der Waals surface area contributed by atoms with E-state index in [9.17, 15) is 13.6 Å². The lowest BCUT2D eigenvalue weighted by atomic mass is 10.2. The average molecular weight is 390 g/mol. The van der Waals surface area contributed by atoms with Gasteiger partial charge in [-0.25, -0.2) is 0 Å². The topological polar surface area (TPSA) is 50.6 Å². The summed E-state index contributed by atoms with van der Waals surface area (Å²) >= 11 is 0. The number of piperazine rings is 1. The number of carbonyl (C=O) groups is 1. The second kappa shape index (κ2) is 8.97. The molecule has 8 heteroatoms. The van der Waals surface area contributed by atoms with Crippen molar-refractivity contribution in [1.29, 1.82) is 0 Å². The molecule has 0 bridgehead atoms. The molecule has 2 aromatic rings. The van der Waals surface area contributed by atoms with Gasteiger partial charge < -0.3 is 9.64 Å². The molecule has 6 nitrogen and oxygen atoms in total. The van der Waals surface area contributed by atoms with E-state index in [0.717, 1.165) is 30.9 Å². The number of benzene rings is 1. The molecule has 2 heterocycles. The Hall–Kier alpha value is -2.74. The van der Waals surface area contributed by atoms with Crippen LogP contribution in [0.2, 0.25) is 0 Å². The maximum atomic E-state index is 12.4. The highest BCUT2D eigenvalue weighted by Crippen LogP contribution is 2.16. The van der Waals surface area contributed by atoms with Gasteiger partial charge in [-0.1, -0.05) is 12.1 Å². The van der Waals surface area contributed by atoms with Crippen molar-refractivity contribution in [3.8, 4) is 5.75 Å². The number of rotatable bonds is 6. The molecule has 0 N–H and O–H groups in total. The Kier molecular flexibility index (Phi) is 6.41. The minimum atomic E-state index is -2.84. The van der Waals surface area contributed by atoms with E-state index in [1.807, 2.05) is 29.7 Å². The Balaban J connectivity index is 1.48. The van der Waals surface area contributed by atoms with Crippen LogP contribution in [-0.2, 0) is 18.4 Å². The van der Waals surface area contributed by atoms with Gasteiger partial charge in [-0.3, -0.25) is 14.4 Å². The van der Waals surface area contributed by atoms with Crippen LogP contribution in [0.25, 0.3) is 6.08 Å². The Morgan fingerprint density at radius 2 is 1.89 bits per heavy atom. The van der Waals surface area contributed by atoms with Crippen LogP contribution in [0.5, 0.6) is 5.75 Å².